The summed E-state index contributed by atoms with van der Waals surface area (Å²) in [6, 6.07) is 0.592. The molecule has 0 aliphatic heterocycles. The summed E-state index contributed by atoms with van der Waals surface area (Å²) in [7, 11) is 0. The fourth-order valence-electron chi connectivity index (χ4n) is 4.30. The van der Waals surface area contributed by atoms with Crippen LogP contribution in [0.3, 0.4) is 0 Å². The van der Waals surface area contributed by atoms with Crippen LogP contribution in [0.1, 0.15) is 144 Å². The van der Waals surface area contributed by atoms with E-state index < -0.39 is 0 Å². The van der Waals surface area contributed by atoms with E-state index in [1.54, 1.807) is 0 Å². The van der Waals surface area contributed by atoms with Gasteiger partial charge in [-0.2, -0.15) is 0 Å². The van der Waals surface area contributed by atoms with E-state index in [4.69, 9.17) is 0 Å². The van der Waals surface area contributed by atoms with Crippen molar-refractivity contribution in [3.8, 4) is 0 Å². The number of rotatable bonds is 22. The summed E-state index contributed by atoms with van der Waals surface area (Å²) in [5.41, 5.74) is 0.389. The molecule has 1 unspecified atom stereocenters. The fraction of sp³-hybridized carbons (Fsp3) is 0.862. The van der Waals surface area contributed by atoms with Gasteiger partial charge in [0.05, 0.1) is 0 Å². The molecule has 0 heterocycles. The molecule has 0 rings (SSSR count). The molecule has 0 bridgehead atoms. The molecule has 0 spiro atoms. The predicted octanol–water partition coefficient (Wildman–Crippen LogP) is 9.77. The number of hydrogen-bond donors (Lipinski definition) is 1. The van der Waals surface area contributed by atoms with Crippen LogP contribution in [0.25, 0.3) is 0 Å². The Morgan fingerprint density at radius 3 is 1.83 bits per heavy atom. The Morgan fingerprint density at radius 1 is 0.667 bits per heavy atom. The summed E-state index contributed by atoms with van der Waals surface area (Å²) in [6.07, 6.45) is 32.9. The molecule has 1 heteroatoms. The zero-order valence-electron chi connectivity index (χ0n) is 21.6. The van der Waals surface area contributed by atoms with E-state index >= 15 is 0 Å². The van der Waals surface area contributed by atoms with Gasteiger partial charge in [0.2, 0.25) is 0 Å². The van der Waals surface area contributed by atoms with Crippen molar-refractivity contribution >= 4 is 0 Å². The second-order valence-electron chi connectivity index (χ2n) is 9.99. The quantitative estimate of drug-likeness (QED) is 0.136. The Balaban J connectivity index is 3.66. The summed E-state index contributed by atoms with van der Waals surface area (Å²) in [4.78, 5) is 0. The van der Waals surface area contributed by atoms with Gasteiger partial charge in [0.25, 0.3) is 0 Å². The van der Waals surface area contributed by atoms with Gasteiger partial charge >= 0.3 is 0 Å². The van der Waals surface area contributed by atoms with E-state index in [0.29, 0.717) is 11.5 Å². The third-order valence-corrected chi connectivity index (χ3v) is 6.16. The van der Waals surface area contributed by atoms with Gasteiger partial charge in [-0.15, -0.1) is 0 Å². The summed E-state index contributed by atoms with van der Waals surface area (Å²) in [6.45, 7) is 12.6. The van der Waals surface area contributed by atoms with Crippen LogP contribution in [-0.4, -0.2) is 12.6 Å². The van der Waals surface area contributed by atoms with E-state index in [9.17, 15) is 0 Å². The Labute approximate surface area is 191 Å². The van der Waals surface area contributed by atoms with Crippen molar-refractivity contribution in [2.24, 2.45) is 5.41 Å². The van der Waals surface area contributed by atoms with Crippen LogP contribution in [-0.2, 0) is 0 Å². The monoisotopic (exact) mass is 419 g/mol. The molecule has 30 heavy (non-hydrogen) atoms. The van der Waals surface area contributed by atoms with Crippen LogP contribution in [0.2, 0.25) is 0 Å². The number of unbranched alkanes of at least 4 members (excludes halogenated alkanes) is 12. The van der Waals surface area contributed by atoms with Crippen molar-refractivity contribution in [2.75, 3.05) is 6.54 Å². The minimum absolute atomic E-state index is 0.389. The fourth-order valence-corrected chi connectivity index (χ4v) is 4.30. The first kappa shape index (κ1) is 29.4. The Hall–Kier alpha value is -0.560. The van der Waals surface area contributed by atoms with Crippen LogP contribution in [0.5, 0.6) is 0 Å². The molecular formula is C29H57N. The van der Waals surface area contributed by atoms with Crippen molar-refractivity contribution < 1.29 is 0 Å². The summed E-state index contributed by atoms with van der Waals surface area (Å²) in [5, 5.41) is 3.65. The zero-order chi connectivity index (χ0) is 22.3. The van der Waals surface area contributed by atoms with Crippen LogP contribution < -0.4 is 5.32 Å². The maximum atomic E-state index is 3.65. The molecule has 1 nitrogen and oxygen atoms in total. The highest BCUT2D eigenvalue weighted by Crippen LogP contribution is 2.24. The van der Waals surface area contributed by atoms with E-state index in [1.165, 1.54) is 109 Å². The van der Waals surface area contributed by atoms with Gasteiger partial charge in [0, 0.05) is 6.04 Å². The summed E-state index contributed by atoms with van der Waals surface area (Å²) in [5.74, 6) is 0. The highest BCUT2D eigenvalue weighted by Gasteiger charge is 2.10. The average Bonchev–Trinajstić information content (AvgIpc) is 2.71. The molecule has 1 atom stereocenters. The maximum absolute atomic E-state index is 3.65. The van der Waals surface area contributed by atoms with Gasteiger partial charge in [0.15, 0.2) is 0 Å². The molecule has 0 aromatic carbocycles. The number of allylic oxidation sites excluding steroid dienone is 3. The van der Waals surface area contributed by atoms with Crippen molar-refractivity contribution in [2.45, 2.75) is 150 Å². The van der Waals surface area contributed by atoms with Crippen LogP contribution in [0.4, 0.5) is 0 Å². The van der Waals surface area contributed by atoms with E-state index in [-0.39, 0.29) is 0 Å². The normalized spacial score (nSPS) is 13.6. The lowest BCUT2D eigenvalue weighted by Gasteiger charge is -2.18. The molecule has 0 aliphatic rings. The molecular weight excluding hydrogens is 362 g/mol. The first-order valence-electron chi connectivity index (χ1n) is 13.6. The minimum atomic E-state index is 0.389. The smallest absolute Gasteiger partial charge is 0.0249 e. The maximum Gasteiger partial charge on any atom is 0.0249 e. The average molecular weight is 420 g/mol. The predicted molar refractivity (Wildman–Crippen MR) is 139 cm³/mol. The third-order valence-electron chi connectivity index (χ3n) is 6.16. The van der Waals surface area contributed by atoms with E-state index in [0.717, 1.165) is 6.54 Å². The van der Waals surface area contributed by atoms with Crippen molar-refractivity contribution in [3.05, 3.63) is 24.3 Å². The lowest BCUT2D eigenvalue weighted by atomic mass is 9.87. The Bertz CT molecular complexity index is 393. The highest BCUT2D eigenvalue weighted by molar-refractivity contribution is 4.94. The molecule has 0 saturated heterocycles. The van der Waals surface area contributed by atoms with Gasteiger partial charge < -0.3 is 5.32 Å². The largest absolute Gasteiger partial charge is 0.311 e. The van der Waals surface area contributed by atoms with E-state index in [2.05, 4.69) is 64.2 Å². The second-order valence-corrected chi connectivity index (χ2v) is 9.99. The lowest BCUT2D eigenvalue weighted by Crippen LogP contribution is -2.26. The molecule has 0 amide bonds. The SMILES string of the molecule is CCCCCCCCCC(/C=C/CCCCCCCC=CC(C)(C)CCC)NCC. The Morgan fingerprint density at radius 2 is 1.23 bits per heavy atom. The van der Waals surface area contributed by atoms with Gasteiger partial charge in [-0.1, -0.05) is 130 Å². The highest BCUT2D eigenvalue weighted by atomic mass is 14.9. The first-order chi connectivity index (χ1) is 14.6. The molecule has 0 aromatic rings. The molecule has 178 valence electrons. The lowest BCUT2D eigenvalue weighted by molar-refractivity contribution is 0.430. The van der Waals surface area contributed by atoms with Gasteiger partial charge in [-0.3, -0.25) is 0 Å². The second kappa shape index (κ2) is 21.7. The molecule has 0 aliphatic carbocycles. The van der Waals surface area contributed by atoms with Crippen molar-refractivity contribution in [1.82, 2.24) is 5.32 Å². The standard InChI is InChI=1S/C29H57N/c1-6-9-10-11-15-18-21-24-28(30-8-3)25-22-19-16-13-12-14-17-20-23-27-29(4,5)26-7-2/h22-23,25,27-28,30H,6-21,24,26H2,1-5H3/b25-22+,27-23?. The number of nitrogens with one attached hydrogen (secondary N) is 1. The number of likely N-dealkylation sites (N-methyl/N-ethyl adjacent to an activating group) is 1. The van der Waals surface area contributed by atoms with E-state index in [1.807, 2.05) is 0 Å². The molecule has 0 radical (unpaired) electrons. The summed E-state index contributed by atoms with van der Waals surface area (Å²) < 4.78 is 0. The zero-order valence-corrected chi connectivity index (χ0v) is 21.6. The van der Waals surface area contributed by atoms with Crippen LogP contribution in [0.15, 0.2) is 24.3 Å². The Kier molecular flexibility index (Phi) is 21.3. The minimum Gasteiger partial charge on any atom is -0.311 e. The van der Waals surface area contributed by atoms with Gasteiger partial charge in [0.1, 0.15) is 0 Å². The topological polar surface area (TPSA) is 12.0 Å². The number of hydrogen-bond acceptors (Lipinski definition) is 1. The molecule has 1 N–H and O–H groups in total. The summed E-state index contributed by atoms with van der Waals surface area (Å²) >= 11 is 0. The molecule has 0 saturated carbocycles. The first-order valence-corrected chi connectivity index (χ1v) is 13.6. The van der Waals surface area contributed by atoms with Crippen LogP contribution in [0, 0.1) is 5.41 Å². The molecule has 0 aromatic heterocycles. The van der Waals surface area contributed by atoms with Crippen LogP contribution >= 0.6 is 0 Å². The third kappa shape index (κ3) is 20.7. The molecule has 0 fully saturated rings. The van der Waals surface area contributed by atoms with Crippen molar-refractivity contribution in [3.63, 3.8) is 0 Å². The van der Waals surface area contributed by atoms with Gasteiger partial charge in [-0.05, 0) is 50.5 Å². The van der Waals surface area contributed by atoms with Crippen molar-refractivity contribution in [1.29, 1.82) is 0 Å². The van der Waals surface area contributed by atoms with Gasteiger partial charge in [-0.25, -0.2) is 0 Å².